The average Bonchev–Trinajstić information content (AvgIpc) is 3.17. The summed E-state index contributed by atoms with van der Waals surface area (Å²) < 4.78 is 4.95. The Kier molecular flexibility index (Phi) is 18.7. The van der Waals surface area contributed by atoms with Gasteiger partial charge in [-0.1, -0.05) is 78.9 Å². The number of amides is 1. The third-order valence-corrected chi connectivity index (χ3v) is 6.62. The van der Waals surface area contributed by atoms with Gasteiger partial charge in [-0.3, -0.25) is 9.59 Å². The van der Waals surface area contributed by atoms with Crippen molar-refractivity contribution in [1.29, 1.82) is 0 Å². The van der Waals surface area contributed by atoms with E-state index >= 15 is 0 Å². The number of ketones is 1. The molecule has 0 bridgehead atoms. The monoisotopic (exact) mass is 747 g/mol. The fraction of sp³-hybridized carbons (Fsp3) is 0.0465. The van der Waals surface area contributed by atoms with Crippen LogP contribution in [0.2, 0.25) is 0 Å². The van der Waals surface area contributed by atoms with E-state index in [1.807, 2.05) is 24.3 Å². The van der Waals surface area contributed by atoms with Crippen LogP contribution >= 0.6 is 0 Å². The normalized spacial score (nSPS) is 10.3. The SMILES string of the molecule is C=CCc1ccc(O)c(OC)c1.O=C1C=c2ccccc2=NC1=O.Oc1cccc(O)c1.Oc1cccc(O)c1O.Oc1ccccc1.Oc1ccccc1. The summed E-state index contributed by atoms with van der Waals surface area (Å²) in [6.07, 6.45) is 3.91. The third kappa shape index (κ3) is 16.9. The number of allylic oxidation sites excluding steroid dienone is 1. The van der Waals surface area contributed by atoms with Gasteiger partial charge in [-0.2, -0.15) is 0 Å². The first-order valence-electron chi connectivity index (χ1n) is 16.2. The second kappa shape index (κ2) is 23.7. The van der Waals surface area contributed by atoms with Crippen LogP contribution in [0, 0.1) is 0 Å². The summed E-state index contributed by atoms with van der Waals surface area (Å²) in [6, 6.07) is 39.6. The molecule has 0 aromatic heterocycles. The van der Waals surface area contributed by atoms with E-state index in [1.165, 1.54) is 49.6 Å². The first kappa shape index (κ1) is 43.4. The van der Waals surface area contributed by atoms with Crippen molar-refractivity contribution in [3.63, 3.8) is 0 Å². The number of carbonyl (C=O) groups excluding carboxylic acids is 2. The average molecular weight is 748 g/mol. The van der Waals surface area contributed by atoms with E-state index in [0.29, 0.717) is 27.8 Å². The lowest BCUT2D eigenvalue weighted by Crippen LogP contribution is -2.33. The molecule has 1 heterocycles. The van der Waals surface area contributed by atoms with E-state index in [-0.39, 0.29) is 28.7 Å². The van der Waals surface area contributed by atoms with E-state index in [4.69, 9.17) is 40.5 Å². The van der Waals surface area contributed by atoms with Gasteiger partial charge in [0.2, 0.25) is 5.78 Å². The van der Waals surface area contributed by atoms with Crippen molar-refractivity contribution < 1.29 is 55.2 Å². The number of fused-ring (bicyclic) bond motifs is 1. The van der Waals surface area contributed by atoms with Crippen molar-refractivity contribution in [2.45, 2.75) is 6.42 Å². The van der Waals surface area contributed by atoms with Gasteiger partial charge in [-0.25, -0.2) is 4.99 Å². The summed E-state index contributed by atoms with van der Waals surface area (Å²) in [5.41, 5.74) is 1.08. The van der Waals surface area contributed by atoms with Gasteiger partial charge in [0, 0.05) is 17.4 Å². The summed E-state index contributed by atoms with van der Waals surface area (Å²) in [5, 5.41) is 71.2. The van der Waals surface area contributed by atoms with Crippen molar-refractivity contribution in [3.8, 4) is 51.7 Å². The number of phenols is 8. The lowest BCUT2D eigenvalue weighted by atomic mass is 10.1. The minimum Gasteiger partial charge on any atom is -0.508 e. The first-order chi connectivity index (χ1) is 26.3. The molecule has 0 spiro atoms. The summed E-state index contributed by atoms with van der Waals surface area (Å²) in [7, 11) is 1.53. The molecule has 284 valence electrons. The van der Waals surface area contributed by atoms with Crippen molar-refractivity contribution in [3.05, 3.63) is 174 Å². The van der Waals surface area contributed by atoms with E-state index in [0.717, 1.165) is 12.0 Å². The van der Waals surface area contributed by atoms with Crippen LogP contribution in [-0.4, -0.2) is 59.7 Å². The zero-order valence-corrected chi connectivity index (χ0v) is 29.7. The number of para-hydroxylation sites is 4. The number of benzene rings is 6. The highest BCUT2D eigenvalue weighted by atomic mass is 16.5. The number of phenolic OH excluding ortho intramolecular Hbond substituents is 8. The third-order valence-electron chi connectivity index (χ3n) is 6.62. The number of nitrogens with zero attached hydrogens (tertiary/aromatic N) is 1. The number of hydrogen-bond acceptors (Lipinski definition) is 11. The zero-order chi connectivity index (χ0) is 40.6. The minimum atomic E-state index is -0.686. The van der Waals surface area contributed by atoms with Crippen LogP contribution in [0.1, 0.15) is 5.56 Å². The molecule has 12 heteroatoms. The predicted octanol–water partition coefficient (Wildman–Crippen LogP) is 6.01. The van der Waals surface area contributed by atoms with Gasteiger partial charge in [0.1, 0.15) is 23.0 Å². The molecule has 6 aromatic rings. The topological polar surface area (TPSA) is 218 Å². The van der Waals surface area contributed by atoms with Crippen molar-refractivity contribution in [2.24, 2.45) is 4.99 Å². The Morgan fingerprint density at radius 2 is 1.05 bits per heavy atom. The van der Waals surface area contributed by atoms with E-state index < -0.39 is 17.4 Å². The molecule has 1 aliphatic rings. The van der Waals surface area contributed by atoms with Crippen LogP contribution in [0.5, 0.6) is 51.7 Å². The Morgan fingerprint density at radius 3 is 1.49 bits per heavy atom. The van der Waals surface area contributed by atoms with Crippen LogP contribution in [0.25, 0.3) is 6.08 Å². The Bertz CT molecular complexity index is 2110. The van der Waals surface area contributed by atoms with Gasteiger partial charge >= 0.3 is 5.91 Å². The minimum absolute atomic E-state index is 0.0880. The first-order valence-corrected chi connectivity index (χ1v) is 16.2. The van der Waals surface area contributed by atoms with Crippen molar-refractivity contribution in [2.75, 3.05) is 7.11 Å². The molecule has 1 aliphatic heterocycles. The highest BCUT2D eigenvalue weighted by molar-refractivity contribution is 6.48. The van der Waals surface area contributed by atoms with Gasteiger partial charge in [0.25, 0.3) is 0 Å². The Morgan fingerprint density at radius 1 is 0.564 bits per heavy atom. The molecule has 55 heavy (non-hydrogen) atoms. The highest BCUT2D eigenvalue weighted by Gasteiger charge is 2.12. The lowest BCUT2D eigenvalue weighted by Gasteiger charge is -2.04. The quantitative estimate of drug-likeness (QED) is 0.0596. The summed E-state index contributed by atoms with van der Waals surface area (Å²) >= 11 is 0. The Balaban J connectivity index is 0.000000231. The molecule has 0 fully saturated rings. The molecular weight excluding hydrogens is 706 g/mol. The van der Waals surface area contributed by atoms with Gasteiger partial charge in [-0.15, -0.1) is 6.58 Å². The number of carbonyl (C=O) groups is 2. The molecule has 8 N–H and O–H groups in total. The Hall–Kier alpha value is -7.73. The van der Waals surface area contributed by atoms with Crippen LogP contribution < -0.4 is 15.3 Å². The summed E-state index contributed by atoms with van der Waals surface area (Å²) in [5.74, 6) is -0.829. The number of Topliss-reactive ketones (excluding diaryl/α,β-unsaturated/α-hetero) is 1. The number of aromatic hydroxyl groups is 8. The molecule has 0 atom stereocenters. The molecule has 0 saturated carbocycles. The molecule has 0 radical (unpaired) electrons. The van der Waals surface area contributed by atoms with E-state index in [2.05, 4.69) is 11.6 Å². The molecule has 0 unspecified atom stereocenters. The predicted molar refractivity (Wildman–Crippen MR) is 208 cm³/mol. The summed E-state index contributed by atoms with van der Waals surface area (Å²) in [6.45, 7) is 3.63. The second-order valence-corrected chi connectivity index (χ2v) is 10.8. The van der Waals surface area contributed by atoms with Gasteiger partial charge in [0.15, 0.2) is 28.7 Å². The van der Waals surface area contributed by atoms with Crippen LogP contribution in [0.4, 0.5) is 0 Å². The largest absolute Gasteiger partial charge is 0.508 e. The fourth-order valence-corrected chi connectivity index (χ4v) is 3.96. The van der Waals surface area contributed by atoms with Gasteiger partial charge in [-0.05, 0) is 78.7 Å². The van der Waals surface area contributed by atoms with E-state index in [9.17, 15) is 14.7 Å². The smallest absolute Gasteiger partial charge is 0.317 e. The van der Waals surface area contributed by atoms with Crippen LogP contribution in [-0.2, 0) is 16.0 Å². The number of hydrogen-bond donors (Lipinski definition) is 8. The molecule has 1 amide bonds. The molecular formula is C43H41NO11. The zero-order valence-electron chi connectivity index (χ0n) is 29.7. The van der Waals surface area contributed by atoms with Gasteiger partial charge in [0.05, 0.1) is 12.5 Å². The number of ether oxygens (including phenoxy) is 1. The van der Waals surface area contributed by atoms with Crippen molar-refractivity contribution in [1.82, 2.24) is 0 Å². The molecule has 6 aromatic carbocycles. The van der Waals surface area contributed by atoms with E-state index in [1.54, 1.807) is 91.0 Å². The maximum Gasteiger partial charge on any atom is 0.317 e. The fourth-order valence-electron chi connectivity index (χ4n) is 3.96. The lowest BCUT2D eigenvalue weighted by molar-refractivity contribution is -0.132. The maximum atomic E-state index is 10.9. The molecule has 12 nitrogen and oxygen atoms in total. The maximum absolute atomic E-state index is 10.9. The summed E-state index contributed by atoms with van der Waals surface area (Å²) in [4.78, 5) is 25.3. The van der Waals surface area contributed by atoms with Crippen molar-refractivity contribution >= 4 is 17.8 Å². The van der Waals surface area contributed by atoms with Gasteiger partial charge < -0.3 is 45.6 Å². The molecule has 0 aliphatic carbocycles. The standard InChI is InChI=1S/C10H12O2.C9H5NO2.C6H6O3.C6H6O2.2C6H6O/c1-3-4-8-5-6-9(11)10(7-8)12-2;11-8-5-6-3-1-2-4-7(6)10-9(8)12;7-4-2-1-3-5(8)6(4)9;7-5-2-1-3-6(8)4-5;2*7-6-4-2-1-3-5-6/h3,5-7,11H,1,4H2,2H3;1-5H;1-3,7-9H;1-4,7-8H;2*1-5,7H. The molecule has 7 rings (SSSR count). The Labute approximate surface area is 317 Å². The number of methoxy groups -OCH3 is 1. The number of rotatable bonds is 3. The van der Waals surface area contributed by atoms with Crippen LogP contribution in [0.15, 0.2) is 163 Å². The highest BCUT2D eigenvalue weighted by Crippen LogP contribution is 2.32. The molecule has 0 saturated heterocycles. The second-order valence-electron chi connectivity index (χ2n) is 10.8. The van der Waals surface area contributed by atoms with Crippen LogP contribution in [0.3, 0.4) is 0 Å².